The molecule has 5 heteroatoms. The second-order valence-electron chi connectivity index (χ2n) is 2.71. The van der Waals surface area contributed by atoms with Gasteiger partial charge in [0.1, 0.15) is 11.6 Å². The van der Waals surface area contributed by atoms with Gasteiger partial charge in [0.05, 0.1) is 11.4 Å². The van der Waals surface area contributed by atoms with E-state index in [1.807, 2.05) is 0 Å². The Morgan fingerprint density at radius 2 is 2.14 bits per heavy atom. The molecule has 1 aromatic carbocycles. The minimum absolute atomic E-state index is 0.0492. The normalized spacial score (nSPS) is 10.0. The summed E-state index contributed by atoms with van der Waals surface area (Å²) >= 11 is 3.76. The molecule has 1 amide bonds. The van der Waals surface area contributed by atoms with Crippen LogP contribution in [0.2, 0.25) is 0 Å². The van der Waals surface area contributed by atoms with E-state index in [-0.39, 0.29) is 11.4 Å². The molecule has 14 heavy (non-hydrogen) atoms. The first kappa shape index (κ1) is 11.0. The van der Waals surface area contributed by atoms with Crippen molar-refractivity contribution >= 4 is 24.2 Å². The monoisotopic (exact) mass is 217 g/mol. The van der Waals surface area contributed by atoms with Crippen LogP contribution in [-0.4, -0.2) is 18.7 Å². The lowest BCUT2D eigenvalue weighted by atomic mass is 10.2. The zero-order chi connectivity index (χ0) is 10.7. The standard InChI is InChI=1S/C9H9F2NOS/c1-12(9(13)5-14)8-4-6(10)2-3-7(8)11/h2-4,14H,5H2,1H3. The molecule has 0 atom stereocenters. The predicted octanol–water partition coefficient (Wildman–Crippen LogP) is 1.86. The van der Waals surface area contributed by atoms with Crippen molar-refractivity contribution in [3.8, 4) is 0 Å². The minimum Gasteiger partial charge on any atom is -0.312 e. The molecule has 0 radical (unpaired) electrons. The van der Waals surface area contributed by atoms with Crippen molar-refractivity contribution in [2.45, 2.75) is 0 Å². The van der Waals surface area contributed by atoms with E-state index in [4.69, 9.17) is 0 Å². The molecule has 76 valence electrons. The van der Waals surface area contributed by atoms with Gasteiger partial charge in [-0.1, -0.05) is 0 Å². The van der Waals surface area contributed by atoms with E-state index < -0.39 is 17.5 Å². The van der Waals surface area contributed by atoms with Gasteiger partial charge in [-0.05, 0) is 12.1 Å². The van der Waals surface area contributed by atoms with Crippen LogP contribution >= 0.6 is 12.6 Å². The summed E-state index contributed by atoms with van der Waals surface area (Å²) in [7, 11) is 1.37. The molecule has 0 heterocycles. The zero-order valence-corrected chi connectivity index (χ0v) is 8.39. The highest BCUT2D eigenvalue weighted by molar-refractivity contribution is 7.81. The Morgan fingerprint density at radius 1 is 1.50 bits per heavy atom. The molecule has 0 saturated heterocycles. The van der Waals surface area contributed by atoms with Crippen LogP contribution in [0.5, 0.6) is 0 Å². The Bertz CT molecular complexity index is 357. The molecule has 0 N–H and O–H groups in total. The second kappa shape index (κ2) is 4.41. The SMILES string of the molecule is CN(C(=O)CS)c1cc(F)ccc1F. The minimum atomic E-state index is -0.635. The Morgan fingerprint density at radius 3 is 2.71 bits per heavy atom. The van der Waals surface area contributed by atoms with Gasteiger partial charge in [-0.2, -0.15) is 12.6 Å². The van der Waals surface area contributed by atoms with Crippen molar-refractivity contribution in [3.05, 3.63) is 29.8 Å². The van der Waals surface area contributed by atoms with Crippen LogP contribution in [-0.2, 0) is 4.79 Å². The van der Waals surface area contributed by atoms with Crippen molar-refractivity contribution in [2.75, 3.05) is 17.7 Å². The summed E-state index contributed by atoms with van der Waals surface area (Å²) in [5, 5.41) is 0. The number of rotatable bonds is 2. The molecule has 0 unspecified atom stereocenters. The van der Waals surface area contributed by atoms with Crippen LogP contribution in [0, 0.1) is 11.6 Å². The number of carbonyl (C=O) groups is 1. The fourth-order valence-electron chi connectivity index (χ4n) is 0.983. The number of carbonyl (C=O) groups excluding carboxylic acids is 1. The number of amides is 1. The van der Waals surface area contributed by atoms with Crippen molar-refractivity contribution in [3.63, 3.8) is 0 Å². The fraction of sp³-hybridized carbons (Fsp3) is 0.222. The van der Waals surface area contributed by atoms with Crippen molar-refractivity contribution in [2.24, 2.45) is 0 Å². The van der Waals surface area contributed by atoms with Crippen molar-refractivity contribution < 1.29 is 13.6 Å². The third-order valence-corrected chi connectivity index (χ3v) is 2.05. The van der Waals surface area contributed by atoms with E-state index in [1.165, 1.54) is 7.05 Å². The molecule has 0 saturated carbocycles. The summed E-state index contributed by atoms with van der Waals surface area (Å²) in [6, 6.07) is 2.95. The van der Waals surface area contributed by atoms with Gasteiger partial charge >= 0.3 is 0 Å². The fourth-order valence-corrected chi connectivity index (χ4v) is 1.20. The topological polar surface area (TPSA) is 20.3 Å². The third-order valence-electron chi connectivity index (χ3n) is 1.78. The Kier molecular flexibility index (Phi) is 3.46. The first-order valence-corrected chi connectivity index (χ1v) is 4.52. The van der Waals surface area contributed by atoms with E-state index in [9.17, 15) is 13.6 Å². The van der Waals surface area contributed by atoms with Crippen LogP contribution < -0.4 is 4.90 Å². The highest BCUT2D eigenvalue weighted by Gasteiger charge is 2.13. The quantitative estimate of drug-likeness (QED) is 0.750. The van der Waals surface area contributed by atoms with Gasteiger partial charge in [-0.15, -0.1) is 0 Å². The van der Waals surface area contributed by atoms with Crippen LogP contribution in [0.1, 0.15) is 0 Å². The summed E-state index contributed by atoms with van der Waals surface area (Å²) < 4.78 is 25.9. The van der Waals surface area contributed by atoms with Gasteiger partial charge in [-0.25, -0.2) is 8.78 Å². The van der Waals surface area contributed by atoms with Gasteiger partial charge in [0.15, 0.2) is 0 Å². The first-order valence-electron chi connectivity index (χ1n) is 3.88. The van der Waals surface area contributed by atoms with Gasteiger partial charge < -0.3 is 4.90 Å². The highest BCUT2D eigenvalue weighted by atomic mass is 32.1. The summed E-state index contributed by atoms with van der Waals surface area (Å²) in [6.45, 7) is 0. The van der Waals surface area contributed by atoms with Gasteiger partial charge in [-0.3, -0.25) is 4.79 Å². The number of hydrogen-bond acceptors (Lipinski definition) is 2. The van der Waals surface area contributed by atoms with E-state index in [0.717, 1.165) is 23.1 Å². The van der Waals surface area contributed by atoms with Crippen molar-refractivity contribution in [1.29, 1.82) is 0 Å². The molecule has 0 aliphatic heterocycles. The highest BCUT2D eigenvalue weighted by Crippen LogP contribution is 2.19. The summed E-state index contributed by atoms with van der Waals surface area (Å²) in [4.78, 5) is 12.2. The lowest BCUT2D eigenvalue weighted by molar-refractivity contribution is -0.115. The molecule has 0 aromatic heterocycles. The Labute approximate surface area is 85.9 Å². The number of anilines is 1. The summed E-state index contributed by atoms with van der Waals surface area (Å²) in [6.07, 6.45) is 0. The lowest BCUT2D eigenvalue weighted by Crippen LogP contribution is -2.28. The zero-order valence-electron chi connectivity index (χ0n) is 7.50. The number of halogens is 2. The number of benzene rings is 1. The van der Waals surface area contributed by atoms with Crippen LogP contribution in [0.4, 0.5) is 14.5 Å². The van der Waals surface area contributed by atoms with Crippen LogP contribution in [0.25, 0.3) is 0 Å². The molecule has 0 bridgehead atoms. The first-order chi connectivity index (χ1) is 6.56. The largest absolute Gasteiger partial charge is 0.312 e. The second-order valence-corrected chi connectivity index (χ2v) is 3.02. The van der Waals surface area contributed by atoms with Gasteiger partial charge in [0.2, 0.25) is 5.91 Å². The molecule has 2 nitrogen and oxygen atoms in total. The number of nitrogens with zero attached hydrogens (tertiary/aromatic N) is 1. The number of hydrogen-bond donors (Lipinski definition) is 1. The smallest absolute Gasteiger partial charge is 0.236 e. The third kappa shape index (κ3) is 2.23. The van der Waals surface area contributed by atoms with Crippen LogP contribution in [0.15, 0.2) is 18.2 Å². The van der Waals surface area contributed by atoms with Crippen molar-refractivity contribution in [1.82, 2.24) is 0 Å². The summed E-state index contributed by atoms with van der Waals surface area (Å²) in [5.41, 5.74) is -0.0796. The molecule has 0 spiro atoms. The van der Waals surface area contributed by atoms with Crippen LogP contribution in [0.3, 0.4) is 0 Å². The maximum Gasteiger partial charge on any atom is 0.236 e. The molecule has 0 fully saturated rings. The molecule has 1 rings (SSSR count). The van der Waals surface area contributed by atoms with E-state index in [2.05, 4.69) is 12.6 Å². The Hall–Kier alpha value is -1.10. The Balaban J connectivity index is 3.05. The average Bonchev–Trinajstić information content (AvgIpc) is 2.19. The maximum atomic E-state index is 13.1. The van der Waals surface area contributed by atoms with E-state index >= 15 is 0 Å². The molecular formula is C9H9F2NOS. The lowest BCUT2D eigenvalue weighted by Gasteiger charge is -2.16. The molecular weight excluding hydrogens is 208 g/mol. The van der Waals surface area contributed by atoms with Gasteiger partial charge in [0, 0.05) is 13.1 Å². The van der Waals surface area contributed by atoms with Gasteiger partial charge in [0.25, 0.3) is 0 Å². The number of thiol groups is 1. The summed E-state index contributed by atoms with van der Waals surface area (Å²) in [5.74, 6) is -1.66. The average molecular weight is 217 g/mol. The molecule has 1 aromatic rings. The van der Waals surface area contributed by atoms with E-state index in [1.54, 1.807) is 0 Å². The maximum absolute atomic E-state index is 13.1. The molecule has 0 aliphatic carbocycles. The predicted molar refractivity (Wildman–Crippen MR) is 53.6 cm³/mol. The van der Waals surface area contributed by atoms with E-state index in [0.29, 0.717) is 0 Å². The molecule has 0 aliphatic rings.